The van der Waals surface area contributed by atoms with Gasteiger partial charge in [-0.2, -0.15) is 0 Å². The third kappa shape index (κ3) is 4.58. The molecule has 150 valence electrons. The van der Waals surface area contributed by atoms with Crippen molar-refractivity contribution in [2.24, 2.45) is 15.8 Å². The van der Waals surface area contributed by atoms with Crippen LogP contribution in [0, 0.1) is 10.8 Å². The molecule has 0 heterocycles. The highest BCUT2D eigenvalue weighted by molar-refractivity contribution is 6.20. The Morgan fingerprint density at radius 3 is 1.54 bits per heavy atom. The van der Waals surface area contributed by atoms with Gasteiger partial charge in [0.2, 0.25) is 0 Å². The van der Waals surface area contributed by atoms with E-state index in [1.807, 2.05) is 53.7 Å². The Kier molecular flexibility index (Phi) is 5.97. The first-order valence-corrected chi connectivity index (χ1v) is 9.21. The first kappa shape index (κ1) is 21.6. The number of carbonyl (C=O) groups excluding carboxylic acids is 2. The van der Waals surface area contributed by atoms with Crippen LogP contribution in [0.4, 0.5) is 0 Å². The molecule has 2 rings (SSSR count). The molecule has 28 heavy (non-hydrogen) atoms. The zero-order valence-electron chi connectivity index (χ0n) is 18.0. The van der Waals surface area contributed by atoms with Gasteiger partial charge in [-0.1, -0.05) is 41.5 Å². The number of ketones is 2. The Bertz CT molecular complexity index is 817. The summed E-state index contributed by atoms with van der Waals surface area (Å²) in [6, 6.07) is 0. The molecule has 0 N–H and O–H groups in total. The van der Waals surface area contributed by atoms with Crippen molar-refractivity contribution in [1.29, 1.82) is 0 Å². The normalized spacial score (nSPS) is 18.1. The fourth-order valence-corrected chi connectivity index (χ4v) is 2.93. The van der Waals surface area contributed by atoms with Crippen LogP contribution < -0.4 is 0 Å². The highest BCUT2D eigenvalue weighted by Crippen LogP contribution is 2.38. The van der Waals surface area contributed by atoms with Crippen LogP contribution in [-0.2, 0) is 19.1 Å². The summed E-state index contributed by atoms with van der Waals surface area (Å²) < 4.78 is 10.2. The van der Waals surface area contributed by atoms with Crippen molar-refractivity contribution in [2.45, 2.75) is 41.5 Å². The van der Waals surface area contributed by atoms with E-state index in [1.54, 1.807) is 18.4 Å². The first-order valence-electron chi connectivity index (χ1n) is 9.21. The molecule has 0 aliphatic heterocycles. The third-order valence-corrected chi connectivity index (χ3v) is 4.54. The largest absolute Gasteiger partial charge is 0.492 e. The first-order chi connectivity index (χ1) is 12.9. The van der Waals surface area contributed by atoms with Gasteiger partial charge < -0.3 is 9.47 Å². The van der Waals surface area contributed by atoms with Crippen molar-refractivity contribution >= 4 is 17.3 Å². The monoisotopic (exact) mass is 383 g/mol. The van der Waals surface area contributed by atoms with Crippen molar-refractivity contribution in [3.05, 3.63) is 58.7 Å². The summed E-state index contributed by atoms with van der Waals surface area (Å²) in [7, 11) is 2.86. The molecular formula is C23H29NO4. The van der Waals surface area contributed by atoms with Crippen molar-refractivity contribution in [1.82, 2.24) is 0 Å². The molecule has 2 aliphatic rings. The van der Waals surface area contributed by atoms with E-state index in [-0.39, 0.29) is 33.9 Å². The quantitative estimate of drug-likeness (QED) is 0.674. The molecule has 0 radical (unpaired) electrons. The molecule has 0 aromatic carbocycles. The Hall–Kier alpha value is -2.69. The Morgan fingerprint density at radius 1 is 0.750 bits per heavy atom. The molecule has 0 aromatic heterocycles. The lowest BCUT2D eigenvalue weighted by atomic mass is 9.72. The predicted molar refractivity (Wildman–Crippen MR) is 111 cm³/mol. The second-order valence-electron chi connectivity index (χ2n) is 8.88. The number of ether oxygens (including phenoxy) is 2. The topological polar surface area (TPSA) is 65.0 Å². The molecule has 0 spiro atoms. The van der Waals surface area contributed by atoms with E-state index < -0.39 is 0 Å². The minimum atomic E-state index is -0.315. The molecule has 5 heteroatoms. The van der Waals surface area contributed by atoms with Crippen LogP contribution in [0.2, 0.25) is 0 Å². The zero-order chi connectivity index (χ0) is 21.3. The molecular weight excluding hydrogens is 354 g/mol. The van der Waals surface area contributed by atoms with E-state index in [4.69, 9.17) is 9.47 Å². The number of aliphatic imine (C=N–C) groups is 1. The Morgan fingerprint density at radius 2 is 1.18 bits per heavy atom. The number of Topliss-reactive ketones (excluding diaryl/α,β-unsaturated/α-hetero) is 2. The molecule has 5 nitrogen and oxygen atoms in total. The van der Waals surface area contributed by atoms with Gasteiger partial charge in [-0.25, -0.2) is 0 Å². The lowest BCUT2D eigenvalue weighted by Crippen LogP contribution is -2.27. The standard InChI is InChI=1S/C23H29NO4/c1-22(2,3)16-9-14(10-17(20(16)25)23(4,5)6)13-24-15-11-18(27-7)21(26)19(12-15)28-8/h9-13H,1-8H3. The number of nitrogens with zero attached hydrogens (tertiary/aromatic N) is 1. The maximum absolute atomic E-state index is 13.0. The van der Waals surface area contributed by atoms with E-state index in [9.17, 15) is 9.59 Å². The van der Waals surface area contributed by atoms with E-state index in [2.05, 4.69) is 4.99 Å². The number of methoxy groups -OCH3 is 2. The zero-order valence-corrected chi connectivity index (χ0v) is 18.0. The fraction of sp³-hybridized carbons (Fsp3) is 0.435. The summed E-state index contributed by atoms with van der Waals surface area (Å²) in [5.74, 6) is 0.111. The molecule has 0 bridgehead atoms. The van der Waals surface area contributed by atoms with Crippen molar-refractivity contribution in [2.75, 3.05) is 14.2 Å². The predicted octanol–water partition coefficient (Wildman–Crippen LogP) is 4.48. The molecule has 0 unspecified atom stereocenters. The van der Waals surface area contributed by atoms with Crippen LogP contribution in [0.3, 0.4) is 0 Å². The minimum Gasteiger partial charge on any atom is -0.492 e. The molecule has 0 saturated heterocycles. The van der Waals surface area contributed by atoms with Gasteiger partial charge >= 0.3 is 0 Å². The Labute approximate surface area is 167 Å². The highest BCUT2D eigenvalue weighted by atomic mass is 16.5. The smallest absolute Gasteiger partial charge is 0.262 e. The van der Waals surface area contributed by atoms with Crippen LogP contribution in [0.15, 0.2) is 63.7 Å². The lowest BCUT2D eigenvalue weighted by molar-refractivity contribution is -0.118. The van der Waals surface area contributed by atoms with Crippen LogP contribution in [0.5, 0.6) is 0 Å². The van der Waals surface area contributed by atoms with Gasteiger partial charge in [0.25, 0.3) is 5.78 Å². The SMILES string of the molecule is COC1=CC(=NC=C2C=C(C(C)(C)C)C(=O)C(C(C)(C)C)=C2)C=C(OC)C1=O. The third-order valence-electron chi connectivity index (χ3n) is 4.54. The van der Waals surface area contributed by atoms with Gasteiger partial charge in [-0.3, -0.25) is 14.6 Å². The van der Waals surface area contributed by atoms with E-state index in [0.717, 1.165) is 16.7 Å². The summed E-state index contributed by atoms with van der Waals surface area (Å²) in [4.78, 5) is 29.5. The average molecular weight is 383 g/mol. The fourth-order valence-electron chi connectivity index (χ4n) is 2.93. The van der Waals surface area contributed by atoms with E-state index in [1.165, 1.54) is 14.2 Å². The highest BCUT2D eigenvalue weighted by Gasteiger charge is 2.34. The second kappa shape index (κ2) is 7.74. The van der Waals surface area contributed by atoms with Crippen LogP contribution >= 0.6 is 0 Å². The van der Waals surface area contributed by atoms with E-state index in [0.29, 0.717) is 5.71 Å². The van der Waals surface area contributed by atoms with Crippen LogP contribution in [0.25, 0.3) is 0 Å². The van der Waals surface area contributed by atoms with Crippen molar-refractivity contribution < 1.29 is 19.1 Å². The van der Waals surface area contributed by atoms with Gasteiger partial charge in [-0.05, 0) is 28.6 Å². The summed E-state index contributed by atoms with van der Waals surface area (Å²) in [6.45, 7) is 12.2. The van der Waals surface area contributed by atoms with Gasteiger partial charge in [-0.15, -0.1) is 0 Å². The van der Waals surface area contributed by atoms with Crippen molar-refractivity contribution in [3.8, 4) is 0 Å². The number of carbonyl (C=O) groups is 2. The molecule has 0 amide bonds. The maximum Gasteiger partial charge on any atom is 0.262 e. The maximum atomic E-state index is 13.0. The molecule has 0 aromatic rings. The Balaban J connectivity index is 2.55. The van der Waals surface area contributed by atoms with Gasteiger partial charge in [0, 0.05) is 29.5 Å². The summed E-state index contributed by atoms with van der Waals surface area (Å²) >= 11 is 0. The number of hydrogen-bond donors (Lipinski definition) is 0. The molecule has 0 saturated carbocycles. The van der Waals surface area contributed by atoms with Gasteiger partial charge in [0.15, 0.2) is 17.3 Å². The number of rotatable bonds is 3. The second-order valence-corrected chi connectivity index (χ2v) is 8.88. The molecule has 0 atom stereocenters. The summed E-state index contributed by atoms with van der Waals surface area (Å²) in [5, 5.41) is 0. The average Bonchev–Trinajstić information content (AvgIpc) is 2.59. The van der Waals surface area contributed by atoms with Crippen LogP contribution in [-0.4, -0.2) is 31.5 Å². The van der Waals surface area contributed by atoms with Crippen LogP contribution in [0.1, 0.15) is 41.5 Å². The van der Waals surface area contributed by atoms with Crippen molar-refractivity contribution in [3.63, 3.8) is 0 Å². The summed E-state index contributed by atoms with van der Waals surface area (Å²) in [5.41, 5.74) is 2.32. The molecule has 0 fully saturated rings. The summed E-state index contributed by atoms with van der Waals surface area (Å²) in [6.07, 6.45) is 8.61. The number of hydrogen-bond acceptors (Lipinski definition) is 5. The minimum absolute atomic E-state index is 0.0798. The van der Waals surface area contributed by atoms with Gasteiger partial charge in [0.05, 0.1) is 19.9 Å². The molecule has 2 aliphatic carbocycles. The van der Waals surface area contributed by atoms with E-state index >= 15 is 0 Å². The number of allylic oxidation sites excluding steroid dienone is 7. The van der Waals surface area contributed by atoms with Gasteiger partial charge in [0.1, 0.15) is 0 Å². The lowest BCUT2D eigenvalue weighted by Gasteiger charge is -2.31.